The number of aryl methyl sites for hydroxylation is 1. The van der Waals surface area contributed by atoms with E-state index >= 15 is 0 Å². The smallest absolute Gasteiger partial charge is 0.0734 e. The fourth-order valence-electron chi connectivity index (χ4n) is 2.49. The summed E-state index contributed by atoms with van der Waals surface area (Å²) in [5, 5.41) is 14.9. The van der Waals surface area contributed by atoms with E-state index in [-0.39, 0.29) is 6.04 Å². The normalized spacial score (nSPS) is 16.7. The summed E-state index contributed by atoms with van der Waals surface area (Å²) in [6.45, 7) is 4.18. The molecule has 0 N–H and O–H groups in total. The van der Waals surface area contributed by atoms with E-state index in [1.165, 1.54) is 35.0 Å². The Morgan fingerprint density at radius 2 is 2.28 bits per heavy atom. The summed E-state index contributed by atoms with van der Waals surface area (Å²) >= 11 is 0. The minimum atomic E-state index is 0.146. The summed E-state index contributed by atoms with van der Waals surface area (Å²) in [4.78, 5) is 0. The van der Waals surface area contributed by atoms with Gasteiger partial charge in [-0.3, -0.25) is 4.68 Å². The van der Waals surface area contributed by atoms with Gasteiger partial charge in [0.2, 0.25) is 0 Å². The molecular formula is C15H17N3. The second-order valence-electron chi connectivity index (χ2n) is 5.34. The van der Waals surface area contributed by atoms with Crippen molar-refractivity contribution < 1.29 is 0 Å². The first kappa shape index (κ1) is 11.3. The van der Waals surface area contributed by atoms with Crippen LogP contribution >= 0.6 is 0 Å². The van der Waals surface area contributed by atoms with Gasteiger partial charge in [-0.15, -0.1) is 0 Å². The van der Waals surface area contributed by atoms with Gasteiger partial charge >= 0.3 is 0 Å². The molecule has 1 aromatic heterocycles. The van der Waals surface area contributed by atoms with Crippen molar-refractivity contribution in [2.24, 2.45) is 0 Å². The second kappa shape index (κ2) is 4.13. The Labute approximate surface area is 107 Å². The molecule has 0 spiro atoms. The monoisotopic (exact) mass is 239 g/mol. The number of benzene rings is 1. The maximum atomic E-state index is 8.85. The molecule has 3 nitrogen and oxygen atoms in total. The first-order valence-corrected chi connectivity index (χ1v) is 6.56. The third-order valence-corrected chi connectivity index (χ3v) is 3.66. The van der Waals surface area contributed by atoms with E-state index in [0.717, 1.165) is 0 Å². The molecule has 1 fully saturated rings. The standard InChI is InChI=1S/C15H17N3/c1-10-3-6-14-13(9-10)15(12-4-5-12)17-18(14)11(2)7-8-16/h3,6,9,11-12H,4-5,7H2,1-2H3/t11-/m1/s1. The summed E-state index contributed by atoms with van der Waals surface area (Å²) in [5.74, 6) is 0.643. The van der Waals surface area contributed by atoms with E-state index in [9.17, 15) is 0 Å². The Morgan fingerprint density at radius 1 is 1.50 bits per heavy atom. The van der Waals surface area contributed by atoms with Gasteiger partial charge in [0.15, 0.2) is 0 Å². The van der Waals surface area contributed by atoms with Crippen molar-refractivity contribution in [2.45, 2.75) is 45.1 Å². The Balaban J connectivity index is 2.17. The minimum absolute atomic E-state index is 0.146. The largest absolute Gasteiger partial charge is 0.261 e. The predicted octanol–water partition coefficient (Wildman–Crippen LogP) is 3.70. The number of nitriles is 1. The molecule has 0 unspecified atom stereocenters. The molecule has 0 saturated heterocycles. The van der Waals surface area contributed by atoms with Crippen LogP contribution in [0.15, 0.2) is 18.2 Å². The molecule has 0 amide bonds. The molecule has 3 heteroatoms. The molecule has 1 aromatic carbocycles. The van der Waals surface area contributed by atoms with Gasteiger partial charge in [0.1, 0.15) is 0 Å². The van der Waals surface area contributed by atoms with E-state index in [1.807, 2.05) is 4.68 Å². The maximum Gasteiger partial charge on any atom is 0.0734 e. The van der Waals surface area contributed by atoms with Crippen LogP contribution < -0.4 is 0 Å². The summed E-state index contributed by atoms with van der Waals surface area (Å²) in [6, 6.07) is 8.87. The minimum Gasteiger partial charge on any atom is -0.261 e. The zero-order chi connectivity index (χ0) is 12.7. The Morgan fingerprint density at radius 3 is 2.94 bits per heavy atom. The molecule has 0 bridgehead atoms. The molecule has 1 aliphatic rings. The van der Waals surface area contributed by atoms with Gasteiger partial charge in [-0.2, -0.15) is 10.4 Å². The van der Waals surface area contributed by atoms with Crippen molar-refractivity contribution in [1.29, 1.82) is 5.26 Å². The number of hydrogen-bond acceptors (Lipinski definition) is 2. The lowest BCUT2D eigenvalue weighted by atomic mass is 10.1. The van der Waals surface area contributed by atoms with E-state index in [1.54, 1.807) is 0 Å². The van der Waals surface area contributed by atoms with Crippen LogP contribution in [0.5, 0.6) is 0 Å². The highest BCUT2D eigenvalue weighted by Crippen LogP contribution is 2.43. The van der Waals surface area contributed by atoms with Crippen LogP contribution in [0.1, 0.15) is 49.4 Å². The summed E-state index contributed by atoms with van der Waals surface area (Å²) in [7, 11) is 0. The molecule has 0 radical (unpaired) electrons. The van der Waals surface area contributed by atoms with Crippen LogP contribution in [0.2, 0.25) is 0 Å². The van der Waals surface area contributed by atoms with Crippen LogP contribution in [0.3, 0.4) is 0 Å². The number of hydrogen-bond donors (Lipinski definition) is 0. The van der Waals surface area contributed by atoms with E-state index in [4.69, 9.17) is 10.4 Å². The van der Waals surface area contributed by atoms with Crippen molar-refractivity contribution in [3.63, 3.8) is 0 Å². The van der Waals surface area contributed by atoms with Crippen molar-refractivity contribution in [3.05, 3.63) is 29.5 Å². The van der Waals surface area contributed by atoms with Gasteiger partial charge in [-0.05, 0) is 38.8 Å². The number of aromatic nitrogens is 2. The van der Waals surface area contributed by atoms with Crippen LogP contribution in [-0.2, 0) is 0 Å². The zero-order valence-corrected chi connectivity index (χ0v) is 10.8. The van der Waals surface area contributed by atoms with E-state index in [2.05, 4.69) is 38.1 Å². The first-order chi connectivity index (χ1) is 8.70. The molecule has 0 aliphatic heterocycles. The summed E-state index contributed by atoms with van der Waals surface area (Å²) < 4.78 is 2.03. The van der Waals surface area contributed by atoms with Gasteiger partial charge < -0.3 is 0 Å². The van der Waals surface area contributed by atoms with Crippen molar-refractivity contribution in [3.8, 4) is 6.07 Å². The van der Waals surface area contributed by atoms with E-state index in [0.29, 0.717) is 12.3 Å². The quantitative estimate of drug-likeness (QED) is 0.819. The molecular weight excluding hydrogens is 222 g/mol. The average molecular weight is 239 g/mol. The van der Waals surface area contributed by atoms with Crippen LogP contribution in [0, 0.1) is 18.3 Å². The summed E-state index contributed by atoms with van der Waals surface area (Å²) in [5.41, 5.74) is 3.68. The topological polar surface area (TPSA) is 41.6 Å². The Bertz CT molecular complexity index is 629. The predicted molar refractivity (Wildman–Crippen MR) is 71.4 cm³/mol. The molecule has 92 valence electrons. The summed E-state index contributed by atoms with van der Waals surface area (Å²) in [6.07, 6.45) is 3.02. The van der Waals surface area contributed by atoms with Crippen LogP contribution in [0.4, 0.5) is 0 Å². The average Bonchev–Trinajstić information content (AvgIpc) is 3.11. The molecule has 1 aliphatic carbocycles. The highest BCUT2D eigenvalue weighted by atomic mass is 15.3. The zero-order valence-electron chi connectivity index (χ0n) is 10.8. The molecule has 18 heavy (non-hydrogen) atoms. The number of fused-ring (bicyclic) bond motifs is 1. The Hall–Kier alpha value is -1.82. The van der Waals surface area contributed by atoms with Gasteiger partial charge in [-0.25, -0.2) is 0 Å². The Kier molecular flexibility index (Phi) is 2.59. The van der Waals surface area contributed by atoms with Gasteiger partial charge in [0, 0.05) is 11.3 Å². The molecule has 3 rings (SSSR count). The highest BCUT2D eigenvalue weighted by molar-refractivity contribution is 5.83. The van der Waals surface area contributed by atoms with Crippen molar-refractivity contribution >= 4 is 10.9 Å². The third kappa shape index (κ3) is 1.78. The van der Waals surface area contributed by atoms with Crippen molar-refractivity contribution in [1.82, 2.24) is 9.78 Å². The maximum absolute atomic E-state index is 8.85. The third-order valence-electron chi connectivity index (χ3n) is 3.66. The van der Waals surface area contributed by atoms with Gasteiger partial charge in [-0.1, -0.05) is 11.6 Å². The molecule has 1 saturated carbocycles. The number of rotatable bonds is 3. The highest BCUT2D eigenvalue weighted by Gasteiger charge is 2.29. The van der Waals surface area contributed by atoms with Crippen molar-refractivity contribution in [2.75, 3.05) is 0 Å². The van der Waals surface area contributed by atoms with Crippen LogP contribution in [-0.4, -0.2) is 9.78 Å². The molecule has 2 aromatic rings. The van der Waals surface area contributed by atoms with Gasteiger partial charge in [0.05, 0.1) is 29.7 Å². The lowest BCUT2D eigenvalue weighted by molar-refractivity contribution is 0.511. The van der Waals surface area contributed by atoms with Gasteiger partial charge in [0.25, 0.3) is 0 Å². The fraction of sp³-hybridized carbons (Fsp3) is 0.467. The van der Waals surface area contributed by atoms with Crippen LogP contribution in [0.25, 0.3) is 10.9 Å². The number of nitrogens with zero attached hydrogens (tertiary/aromatic N) is 3. The lowest BCUT2D eigenvalue weighted by Gasteiger charge is -2.09. The fourth-order valence-corrected chi connectivity index (χ4v) is 2.49. The molecule has 1 atom stereocenters. The first-order valence-electron chi connectivity index (χ1n) is 6.56. The SMILES string of the molecule is Cc1ccc2c(c1)c(C1CC1)nn2[C@H](C)CC#N. The molecule has 1 heterocycles. The lowest BCUT2D eigenvalue weighted by Crippen LogP contribution is -2.06. The second-order valence-corrected chi connectivity index (χ2v) is 5.34. The van der Waals surface area contributed by atoms with E-state index < -0.39 is 0 Å².